The van der Waals surface area contributed by atoms with E-state index < -0.39 is 0 Å². The fourth-order valence-corrected chi connectivity index (χ4v) is 4.21. The molecule has 4 nitrogen and oxygen atoms in total. The summed E-state index contributed by atoms with van der Waals surface area (Å²) in [4.78, 5) is 25.9. The van der Waals surface area contributed by atoms with Gasteiger partial charge in [-0.3, -0.25) is 9.59 Å². The molecule has 0 spiro atoms. The average molecular weight is 304 g/mol. The largest absolute Gasteiger partial charge is 0.304 e. The zero-order chi connectivity index (χ0) is 14.9. The number of carbonyl (C=O) groups is 2. The highest BCUT2D eigenvalue weighted by atomic mass is 32.2. The summed E-state index contributed by atoms with van der Waals surface area (Å²) in [7, 11) is 0. The third-order valence-electron chi connectivity index (χ3n) is 4.18. The lowest BCUT2D eigenvalue weighted by molar-refractivity contribution is -0.121. The third kappa shape index (κ3) is 2.99. The second-order valence-electron chi connectivity index (χ2n) is 5.94. The van der Waals surface area contributed by atoms with Gasteiger partial charge in [0.15, 0.2) is 0 Å². The molecular formula is C16H20N2O2S. The predicted octanol–water partition coefficient (Wildman–Crippen LogP) is 2.19. The molecular weight excluding hydrogens is 284 g/mol. The van der Waals surface area contributed by atoms with Crippen molar-refractivity contribution in [1.82, 2.24) is 5.32 Å². The standard InChI is InChI=1S/C16H20N2O2S/c1-16(8-5-9-21-16)11-17-13-10-14(19)18(15(13)20)12-6-3-2-4-7-12/h2-4,6-7,13,17H,5,8-11H2,1H3. The number of thioether (sulfide) groups is 1. The van der Waals surface area contributed by atoms with E-state index in [2.05, 4.69) is 12.2 Å². The fourth-order valence-electron chi connectivity index (χ4n) is 2.96. The van der Waals surface area contributed by atoms with Gasteiger partial charge in [-0.1, -0.05) is 18.2 Å². The second kappa shape index (κ2) is 5.81. The Balaban J connectivity index is 1.66. The summed E-state index contributed by atoms with van der Waals surface area (Å²) >= 11 is 1.95. The van der Waals surface area contributed by atoms with Crippen LogP contribution in [-0.2, 0) is 9.59 Å². The molecule has 0 saturated carbocycles. The molecule has 21 heavy (non-hydrogen) atoms. The van der Waals surface area contributed by atoms with E-state index >= 15 is 0 Å². The number of para-hydroxylation sites is 1. The SMILES string of the molecule is CC1(CNC2CC(=O)N(c3ccccc3)C2=O)CCCS1. The number of hydrogen-bond acceptors (Lipinski definition) is 4. The van der Waals surface area contributed by atoms with E-state index in [1.807, 2.05) is 30.0 Å². The number of benzene rings is 1. The van der Waals surface area contributed by atoms with Crippen molar-refractivity contribution in [2.75, 3.05) is 17.2 Å². The van der Waals surface area contributed by atoms with Gasteiger partial charge in [0.2, 0.25) is 5.91 Å². The molecule has 1 aromatic carbocycles. The molecule has 5 heteroatoms. The number of amides is 2. The third-order valence-corrected chi connectivity index (χ3v) is 5.72. The number of nitrogens with zero attached hydrogens (tertiary/aromatic N) is 1. The van der Waals surface area contributed by atoms with Crippen LogP contribution in [0.5, 0.6) is 0 Å². The fraction of sp³-hybridized carbons (Fsp3) is 0.500. The number of anilines is 1. The monoisotopic (exact) mass is 304 g/mol. The Kier molecular flexibility index (Phi) is 4.04. The normalized spacial score (nSPS) is 29.4. The lowest BCUT2D eigenvalue weighted by Crippen LogP contribution is -2.44. The van der Waals surface area contributed by atoms with Crippen LogP contribution < -0.4 is 10.2 Å². The van der Waals surface area contributed by atoms with Crippen molar-refractivity contribution >= 4 is 29.3 Å². The Morgan fingerprint density at radius 2 is 2.10 bits per heavy atom. The molecule has 0 aromatic heterocycles. The minimum Gasteiger partial charge on any atom is -0.304 e. The summed E-state index contributed by atoms with van der Waals surface area (Å²) in [6.45, 7) is 3.01. The molecule has 2 aliphatic heterocycles. The van der Waals surface area contributed by atoms with Gasteiger partial charge in [0, 0.05) is 11.3 Å². The zero-order valence-electron chi connectivity index (χ0n) is 12.2. The highest BCUT2D eigenvalue weighted by Crippen LogP contribution is 2.37. The van der Waals surface area contributed by atoms with E-state index in [0.29, 0.717) is 5.69 Å². The Morgan fingerprint density at radius 3 is 2.76 bits per heavy atom. The van der Waals surface area contributed by atoms with Gasteiger partial charge in [0.25, 0.3) is 5.91 Å². The van der Waals surface area contributed by atoms with Gasteiger partial charge >= 0.3 is 0 Å². The van der Waals surface area contributed by atoms with Crippen molar-refractivity contribution in [2.45, 2.75) is 37.0 Å². The van der Waals surface area contributed by atoms with Crippen molar-refractivity contribution in [1.29, 1.82) is 0 Å². The maximum absolute atomic E-state index is 12.5. The van der Waals surface area contributed by atoms with E-state index in [-0.39, 0.29) is 29.0 Å². The van der Waals surface area contributed by atoms with Crippen LogP contribution in [0.25, 0.3) is 0 Å². The molecule has 0 aliphatic carbocycles. The van der Waals surface area contributed by atoms with E-state index in [1.165, 1.54) is 23.5 Å². The van der Waals surface area contributed by atoms with Crippen molar-refractivity contribution in [3.8, 4) is 0 Å². The Bertz CT molecular complexity index is 540. The topological polar surface area (TPSA) is 49.4 Å². The Hall–Kier alpha value is -1.33. The summed E-state index contributed by atoms with van der Waals surface area (Å²) < 4.78 is 0.198. The van der Waals surface area contributed by atoms with Gasteiger partial charge < -0.3 is 5.32 Å². The van der Waals surface area contributed by atoms with Crippen molar-refractivity contribution in [3.63, 3.8) is 0 Å². The quantitative estimate of drug-likeness (QED) is 0.866. The van der Waals surface area contributed by atoms with Gasteiger partial charge in [0.05, 0.1) is 18.2 Å². The maximum atomic E-state index is 12.5. The van der Waals surface area contributed by atoms with E-state index in [0.717, 1.165) is 6.54 Å². The minimum atomic E-state index is -0.379. The molecule has 0 radical (unpaired) electrons. The second-order valence-corrected chi connectivity index (χ2v) is 7.62. The van der Waals surface area contributed by atoms with Gasteiger partial charge in [-0.05, 0) is 37.7 Å². The number of hydrogen-bond donors (Lipinski definition) is 1. The van der Waals surface area contributed by atoms with Crippen LogP contribution >= 0.6 is 11.8 Å². The first-order chi connectivity index (χ1) is 10.1. The summed E-state index contributed by atoms with van der Waals surface area (Å²) in [5.41, 5.74) is 0.665. The minimum absolute atomic E-state index is 0.118. The Labute approximate surface area is 129 Å². The van der Waals surface area contributed by atoms with Crippen LogP contribution in [0, 0.1) is 0 Å². The molecule has 112 valence electrons. The molecule has 3 rings (SSSR count). The molecule has 1 N–H and O–H groups in total. The summed E-state index contributed by atoms with van der Waals surface area (Å²) in [5, 5.41) is 3.31. The van der Waals surface area contributed by atoms with Crippen molar-refractivity contribution < 1.29 is 9.59 Å². The maximum Gasteiger partial charge on any atom is 0.251 e. The van der Waals surface area contributed by atoms with Gasteiger partial charge in [-0.15, -0.1) is 0 Å². The first-order valence-corrected chi connectivity index (χ1v) is 8.37. The van der Waals surface area contributed by atoms with Crippen LogP contribution in [0.1, 0.15) is 26.2 Å². The van der Waals surface area contributed by atoms with Crippen molar-refractivity contribution in [3.05, 3.63) is 30.3 Å². The predicted molar refractivity (Wildman–Crippen MR) is 85.4 cm³/mol. The van der Waals surface area contributed by atoms with Gasteiger partial charge in [-0.2, -0.15) is 11.8 Å². The van der Waals surface area contributed by atoms with Gasteiger partial charge in [0.1, 0.15) is 0 Å². The first-order valence-electron chi connectivity index (χ1n) is 7.38. The molecule has 2 heterocycles. The number of carbonyl (C=O) groups excluding carboxylic acids is 2. The van der Waals surface area contributed by atoms with Crippen LogP contribution in [-0.4, -0.2) is 34.9 Å². The summed E-state index contributed by atoms with van der Waals surface area (Å²) in [6.07, 6.45) is 2.66. The van der Waals surface area contributed by atoms with Crippen molar-refractivity contribution in [2.24, 2.45) is 0 Å². The molecule has 2 unspecified atom stereocenters. The van der Waals surface area contributed by atoms with E-state index in [1.54, 1.807) is 12.1 Å². The molecule has 0 bridgehead atoms. The number of nitrogens with one attached hydrogen (secondary N) is 1. The van der Waals surface area contributed by atoms with Crippen LogP contribution in [0.15, 0.2) is 30.3 Å². The van der Waals surface area contributed by atoms with Crippen LogP contribution in [0.3, 0.4) is 0 Å². The van der Waals surface area contributed by atoms with E-state index in [4.69, 9.17) is 0 Å². The lowest BCUT2D eigenvalue weighted by Gasteiger charge is -2.24. The molecule has 2 atom stereocenters. The van der Waals surface area contributed by atoms with Crippen LogP contribution in [0.4, 0.5) is 5.69 Å². The van der Waals surface area contributed by atoms with Gasteiger partial charge in [-0.25, -0.2) is 4.90 Å². The zero-order valence-corrected chi connectivity index (χ0v) is 13.0. The Morgan fingerprint density at radius 1 is 1.33 bits per heavy atom. The molecule has 2 saturated heterocycles. The van der Waals surface area contributed by atoms with E-state index in [9.17, 15) is 9.59 Å². The first kappa shape index (κ1) is 14.6. The summed E-state index contributed by atoms with van der Waals surface area (Å²) in [6, 6.07) is 8.77. The lowest BCUT2D eigenvalue weighted by atomic mass is 10.1. The molecule has 2 aliphatic rings. The molecule has 2 fully saturated rings. The summed E-state index contributed by atoms with van der Waals surface area (Å²) in [5.74, 6) is 0.942. The highest BCUT2D eigenvalue weighted by Gasteiger charge is 2.40. The molecule has 1 aromatic rings. The van der Waals surface area contributed by atoms with Crippen LogP contribution in [0.2, 0.25) is 0 Å². The average Bonchev–Trinajstić information content (AvgIpc) is 3.03. The smallest absolute Gasteiger partial charge is 0.251 e. The number of imide groups is 1. The number of rotatable bonds is 4. The highest BCUT2D eigenvalue weighted by molar-refractivity contribution is 8.00. The molecule has 2 amide bonds.